The molecule has 0 fully saturated rings. The number of aryl methyl sites for hydroxylation is 1. The molecule has 176 valence electrons. The van der Waals surface area contributed by atoms with Gasteiger partial charge in [0.2, 0.25) is 0 Å². The molecule has 34 heavy (non-hydrogen) atoms. The maximum Gasteiger partial charge on any atom is 0.339 e. The second-order valence-electron chi connectivity index (χ2n) is 7.40. The fraction of sp³-hybridized carbons (Fsp3) is 0.130. The van der Waals surface area contributed by atoms with Crippen LogP contribution in [-0.2, 0) is 10.0 Å². The zero-order chi connectivity index (χ0) is 24.5. The number of sulfonamides is 1. The molecule has 3 aromatic rings. The van der Waals surface area contributed by atoms with E-state index < -0.39 is 33.2 Å². The number of aromatic carboxylic acids is 1. The number of amides is 1. The van der Waals surface area contributed by atoms with Crippen molar-refractivity contribution in [2.45, 2.75) is 11.8 Å². The molecular weight excluding hydrogens is 464 g/mol. The van der Waals surface area contributed by atoms with Crippen LogP contribution in [0.2, 0.25) is 0 Å². The molecule has 1 aliphatic heterocycles. The number of aromatic hydroxyl groups is 1. The number of hydrogen-bond donors (Lipinski definition) is 4. The van der Waals surface area contributed by atoms with Gasteiger partial charge in [0.05, 0.1) is 16.1 Å². The van der Waals surface area contributed by atoms with E-state index in [1.807, 2.05) is 0 Å². The molecule has 0 bridgehead atoms. The second kappa shape index (κ2) is 8.94. The highest BCUT2D eigenvalue weighted by atomic mass is 32.2. The van der Waals surface area contributed by atoms with Crippen molar-refractivity contribution < 1.29 is 37.7 Å². The SMILES string of the molecule is Cc1cc(O)c(C(=O)O)cc1S(=O)(=O)Nc1ccccc1C(=O)Nc1ccc2c(c1)OCCO2. The Morgan fingerprint density at radius 2 is 1.65 bits per heavy atom. The number of nitrogens with one attached hydrogen (secondary N) is 2. The van der Waals surface area contributed by atoms with Gasteiger partial charge in [-0.1, -0.05) is 12.1 Å². The van der Waals surface area contributed by atoms with Crippen molar-refractivity contribution in [1.29, 1.82) is 0 Å². The largest absolute Gasteiger partial charge is 0.507 e. The van der Waals surface area contributed by atoms with Crippen LogP contribution in [-0.4, -0.2) is 43.7 Å². The summed E-state index contributed by atoms with van der Waals surface area (Å²) >= 11 is 0. The van der Waals surface area contributed by atoms with Crippen molar-refractivity contribution in [2.75, 3.05) is 23.3 Å². The van der Waals surface area contributed by atoms with Crippen molar-refractivity contribution in [2.24, 2.45) is 0 Å². The van der Waals surface area contributed by atoms with Gasteiger partial charge in [-0.2, -0.15) is 0 Å². The third-order valence-electron chi connectivity index (χ3n) is 5.03. The molecule has 0 aliphatic carbocycles. The van der Waals surface area contributed by atoms with E-state index in [1.165, 1.54) is 19.1 Å². The van der Waals surface area contributed by atoms with Gasteiger partial charge in [0.1, 0.15) is 24.5 Å². The predicted molar refractivity (Wildman–Crippen MR) is 122 cm³/mol. The van der Waals surface area contributed by atoms with Gasteiger partial charge in [-0.25, -0.2) is 13.2 Å². The first kappa shape index (κ1) is 22.9. The van der Waals surface area contributed by atoms with Gasteiger partial charge < -0.3 is 25.0 Å². The fourth-order valence-corrected chi connectivity index (χ4v) is 4.76. The normalized spacial score (nSPS) is 12.6. The summed E-state index contributed by atoms with van der Waals surface area (Å²) in [5.41, 5.74) is 0.0222. The third kappa shape index (κ3) is 4.59. The monoisotopic (exact) mass is 484 g/mol. The van der Waals surface area contributed by atoms with Crippen LogP contribution in [0.1, 0.15) is 26.3 Å². The Kier molecular flexibility index (Phi) is 6.03. The average molecular weight is 484 g/mol. The molecule has 0 unspecified atom stereocenters. The Morgan fingerprint density at radius 3 is 2.38 bits per heavy atom. The minimum Gasteiger partial charge on any atom is -0.507 e. The van der Waals surface area contributed by atoms with Crippen molar-refractivity contribution in [1.82, 2.24) is 0 Å². The molecule has 0 atom stereocenters. The molecule has 0 saturated heterocycles. The van der Waals surface area contributed by atoms with Crippen molar-refractivity contribution >= 4 is 33.3 Å². The van der Waals surface area contributed by atoms with Crippen LogP contribution in [0.25, 0.3) is 0 Å². The summed E-state index contributed by atoms with van der Waals surface area (Å²) in [5, 5.41) is 21.7. The van der Waals surface area contributed by atoms with E-state index in [4.69, 9.17) is 9.47 Å². The van der Waals surface area contributed by atoms with Gasteiger partial charge in [-0.05, 0) is 48.9 Å². The number of anilines is 2. The van der Waals surface area contributed by atoms with E-state index in [0.717, 1.165) is 12.1 Å². The van der Waals surface area contributed by atoms with E-state index in [2.05, 4.69) is 10.0 Å². The van der Waals surface area contributed by atoms with Gasteiger partial charge in [-0.3, -0.25) is 9.52 Å². The highest BCUT2D eigenvalue weighted by Crippen LogP contribution is 2.33. The van der Waals surface area contributed by atoms with Crippen LogP contribution in [0, 0.1) is 6.92 Å². The summed E-state index contributed by atoms with van der Waals surface area (Å²) in [4.78, 5) is 23.9. The molecule has 0 radical (unpaired) electrons. The van der Waals surface area contributed by atoms with Crippen LogP contribution in [0.4, 0.5) is 11.4 Å². The number of carboxylic acid groups (broad SMARTS) is 1. The molecule has 3 aromatic carbocycles. The van der Waals surface area contributed by atoms with Crippen LogP contribution in [0.5, 0.6) is 17.2 Å². The van der Waals surface area contributed by atoms with E-state index >= 15 is 0 Å². The third-order valence-corrected chi connectivity index (χ3v) is 6.54. The number of para-hydroxylation sites is 1. The topological polar surface area (TPSA) is 151 Å². The van der Waals surface area contributed by atoms with Gasteiger partial charge in [0, 0.05) is 11.8 Å². The number of hydrogen-bond acceptors (Lipinski definition) is 7. The number of phenols is 1. The Labute approximate surface area is 194 Å². The highest BCUT2D eigenvalue weighted by Gasteiger charge is 2.24. The fourth-order valence-electron chi connectivity index (χ4n) is 3.42. The highest BCUT2D eigenvalue weighted by molar-refractivity contribution is 7.92. The lowest BCUT2D eigenvalue weighted by molar-refractivity contribution is 0.0693. The van der Waals surface area contributed by atoms with Gasteiger partial charge in [0.15, 0.2) is 11.5 Å². The van der Waals surface area contributed by atoms with Gasteiger partial charge in [0.25, 0.3) is 15.9 Å². The summed E-state index contributed by atoms with van der Waals surface area (Å²) in [6.07, 6.45) is 0. The first-order valence-electron chi connectivity index (χ1n) is 10.1. The van der Waals surface area contributed by atoms with Crippen LogP contribution < -0.4 is 19.5 Å². The van der Waals surface area contributed by atoms with Crippen molar-refractivity contribution in [3.05, 3.63) is 71.3 Å². The lowest BCUT2D eigenvalue weighted by atomic mass is 10.1. The summed E-state index contributed by atoms with van der Waals surface area (Å²) in [6.45, 7) is 2.23. The maximum atomic E-state index is 13.1. The van der Waals surface area contributed by atoms with E-state index in [9.17, 15) is 28.2 Å². The molecule has 0 aromatic heterocycles. The lowest BCUT2D eigenvalue weighted by Gasteiger charge is -2.19. The van der Waals surface area contributed by atoms with Gasteiger partial charge >= 0.3 is 5.97 Å². The minimum absolute atomic E-state index is 0.0121. The number of ether oxygens (including phenoxy) is 2. The number of fused-ring (bicyclic) bond motifs is 1. The Hall–Kier alpha value is -4.25. The Morgan fingerprint density at radius 1 is 0.941 bits per heavy atom. The minimum atomic E-state index is -4.30. The number of carbonyl (C=O) groups excluding carboxylic acids is 1. The Bertz CT molecular complexity index is 1400. The van der Waals surface area contributed by atoms with Crippen molar-refractivity contribution in [3.8, 4) is 17.2 Å². The first-order valence-corrected chi connectivity index (χ1v) is 11.5. The average Bonchev–Trinajstić information content (AvgIpc) is 2.78. The molecular formula is C23H20N2O8S. The van der Waals surface area contributed by atoms with Crippen LogP contribution in [0.15, 0.2) is 59.5 Å². The zero-order valence-corrected chi connectivity index (χ0v) is 18.7. The number of carbonyl (C=O) groups is 2. The Balaban J connectivity index is 1.62. The zero-order valence-electron chi connectivity index (χ0n) is 17.9. The number of rotatable bonds is 6. The summed E-state index contributed by atoms with van der Waals surface area (Å²) in [7, 11) is -4.30. The predicted octanol–water partition coefficient (Wildman–Crippen LogP) is 3.22. The quantitative estimate of drug-likeness (QED) is 0.416. The summed E-state index contributed by atoms with van der Waals surface area (Å²) in [5.74, 6) is -1.57. The summed E-state index contributed by atoms with van der Waals surface area (Å²) < 4.78 is 39.4. The van der Waals surface area contributed by atoms with Gasteiger partial charge in [-0.15, -0.1) is 0 Å². The van der Waals surface area contributed by atoms with Crippen LogP contribution >= 0.6 is 0 Å². The molecule has 11 heteroatoms. The van der Waals surface area contributed by atoms with Crippen LogP contribution in [0.3, 0.4) is 0 Å². The standard InChI is InChI=1S/C23H20N2O8S/c1-13-10-18(26)16(23(28)29)12-21(13)34(30,31)25-17-5-3-2-4-15(17)22(27)24-14-6-7-19-20(11-14)33-9-8-32-19/h2-7,10-12,25-26H,8-9H2,1H3,(H,24,27)(H,28,29). The first-order chi connectivity index (χ1) is 16.2. The van der Waals surface area contributed by atoms with Crippen molar-refractivity contribution in [3.63, 3.8) is 0 Å². The van der Waals surface area contributed by atoms with E-state index in [0.29, 0.717) is 30.4 Å². The number of carboxylic acids is 1. The molecule has 1 aliphatic rings. The van der Waals surface area contributed by atoms with E-state index in [1.54, 1.807) is 30.3 Å². The smallest absolute Gasteiger partial charge is 0.339 e. The maximum absolute atomic E-state index is 13.1. The number of benzene rings is 3. The molecule has 4 N–H and O–H groups in total. The van der Waals surface area contributed by atoms with E-state index in [-0.39, 0.29) is 21.7 Å². The molecule has 0 saturated carbocycles. The molecule has 10 nitrogen and oxygen atoms in total. The molecule has 0 spiro atoms. The second-order valence-corrected chi connectivity index (χ2v) is 9.05. The molecule has 1 heterocycles. The molecule has 1 amide bonds. The molecule has 4 rings (SSSR count). The summed E-state index contributed by atoms with van der Waals surface area (Å²) in [6, 6.07) is 12.8. The lowest BCUT2D eigenvalue weighted by Crippen LogP contribution is -2.20.